The second kappa shape index (κ2) is 5.16. The van der Waals surface area contributed by atoms with Crippen LogP contribution >= 0.6 is 0 Å². The van der Waals surface area contributed by atoms with Gasteiger partial charge in [-0.2, -0.15) is 0 Å². The van der Waals surface area contributed by atoms with E-state index in [9.17, 15) is 9.59 Å². The lowest BCUT2D eigenvalue weighted by atomic mass is 9.97. The maximum absolute atomic E-state index is 12.0. The third kappa shape index (κ3) is 2.46. The predicted molar refractivity (Wildman–Crippen MR) is 78.5 cm³/mol. The highest BCUT2D eigenvalue weighted by Gasteiger charge is 2.41. The summed E-state index contributed by atoms with van der Waals surface area (Å²) in [6.07, 6.45) is 0. The van der Waals surface area contributed by atoms with Gasteiger partial charge in [-0.1, -0.05) is 0 Å². The van der Waals surface area contributed by atoms with Gasteiger partial charge in [0.1, 0.15) is 5.54 Å². The quantitative estimate of drug-likeness (QED) is 0.623. The number of hydrogen-bond donors (Lipinski definition) is 2. The summed E-state index contributed by atoms with van der Waals surface area (Å²) in [5.74, 6) is 0.238. The fourth-order valence-electron chi connectivity index (χ4n) is 2.29. The largest absolute Gasteiger partial charge is 0.493 e. The molecule has 1 saturated heterocycles. The van der Waals surface area contributed by atoms with E-state index in [2.05, 4.69) is 5.32 Å². The fraction of sp³-hybridized carbons (Fsp3) is 0.429. The number of benzene rings is 1. The molecule has 0 bridgehead atoms. The fourth-order valence-corrected chi connectivity index (χ4v) is 2.29. The summed E-state index contributed by atoms with van der Waals surface area (Å²) in [7, 11) is 3.02. The Bertz CT molecular complexity index is 598. The second-order valence-corrected chi connectivity index (χ2v) is 5.29. The Morgan fingerprint density at radius 2 is 1.76 bits per heavy atom. The van der Waals surface area contributed by atoms with Gasteiger partial charge >= 0.3 is 0 Å². The molecule has 0 saturated carbocycles. The highest BCUT2D eigenvalue weighted by atomic mass is 16.5. The molecule has 7 heteroatoms. The van der Waals surface area contributed by atoms with Crippen molar-refractivity contribution in [2.45, 2.75) is 19.4 Å². The smallest absolute Gasteiger partial charge is 0.251 e. The molecule has 2 amide bonds. The van der Waals surface area contributed by atoms with Gasteiger partial charge in [0, 0.05) is 12.1 Å². The van der Waals surface area contributed by atoms with Crippen molar-refractivity contribution >= 4 is 23.2 Å². The van der Waals surface area contributed by atoms with Crippen molar-refractivity contribution < 1.29 is 19.1 Å². The first-order valence-electron chi connectivity index (χ1n) is 6.44. The summed E-state index contributed by atoms with van der Waals surface area (Å²) in [4.78, 5) is 25.4. The predicted octanol–water partition coefficient (Wildman–Crippen LogP) is 0.527. The topological polar surface area (TPSA) is 93.9 Å². The van der Waals surface area contributed by atoms with Gasteiger partial charge in [-0.15, -0.1) is 0 Å². The number of anilines is 2. The van der Waals surface area contributed by atoms with E-state index < -0.39 is 5.54 Å². The molecule has 1 fully saturated rings. The van der Waals surface area contributed by atoms with E-state index in [1.165, 1.54) is 14.2 Å². The minimum atomic E-state index is -0.901. The van der Waals surface area contributed by atoms with Crippen LogP contribution in [0.25, 0.3) is 0 Å². The molecule has 2 rings (SSSR count). The minimum Gasteiger partial charge on any atom is -0.493 e. The van der Waals surface area contributed by atoms with Crippen molar-refractivity contribution in [2.75, 3.05) is 31.4 Å². The van der Waals surface area contributed by atoms with E-state index in [1.807, 2.05) is 0 Å². The van der Waals surface area contributed by atoms with Gasteiger partial charge in [0.2, 0.25) is 5.91 Å². The van der Waals surface area contributed by atoms with Crippen molar-refractivity contribution in [3.05, 3.63) is 12.1 Å². The molecule has 114 valence electrons. The highest BCUT2D eigenvalue weighted by Crippen LogP contribution is 2.39. The lowest BCUT2D eigenvalue weighted by Gasteiger charge is -2.42. The van der Waals surface area contributed by atoms with Crippen molar-refractivity contribution in [2.24, 2.45) is 0 Å². The molecule has 1 aliphatic heterocycles. The van der Waals surface area contributed by atoms with Gasteiger partial charge in [0.05, 0.1) is 32.1 Å². The third-order valence-electron chi connectivity index (χ3n) is 3.61. The van der Waals surface area contributed by atoms with Gasteiger partial charge in [-0.05, 0) is 13.8 Å². The zero-order chi connectivity index (χ0) is 15.8. The molecular formula is C14H19N3O4. The van der Waals surface area contributed by atoms with Gasteiger partial charge in [-0.3, -0.25) is 14.9 Å². The minimum absolute atomic E-state index is 0.0401. The van der Waals surface area contributed by atoms with Crippen LogP contribution in [0.5, 0.6) is 11.5 Å². The second-order valence-electron chi connectivity index (χ2n) is 5.29. The molecule has 0 radical (unpaired) electrons. The molecule has 7 nitrogen and oxygen atoms in total. The van der Waals surface area contributed by atoms with Gasteiger partial charge in [0.15, 0.2) is 11.5 Å². The summed E-state index contributed by atoms with van der Waals surface area (Å²) in [6.45, 7) is 3.49. The van der Waals surface area contributed by atoms with E-state index >= 15 is 0 Å². The van der Waals surface area contributed by atoms with Crippen molar-refractivity contribution in [3.8, 4) is 11.5 Å². The Labute approximate surface area is 123 Å². The average molecular weight is 293 g/mol. The maximum Gasteiger partial charge on any atom is 0.251 e. The van der Waals surface area contributed by atoms with Gasteiger partial charge in [-0.25, -0.2) is 0 Å². The zero-order valence-electron chi connectivity index (χ0n) is 12.5. The van der Waals surface area contributed by atoms with Gasteiger partial charge in [0.25, 0.3) is 5.91 Å². The van der Waals surface area contributed by atoms with Crippen LogP contribution in [0, 0.1) is 0 Å². The number of nitrogens with zero attached hydrogens (tertiary/aromatic N) is 1. The van der Waals surface area contributed by atoms with Crippen LogP contribution in [0.2, 0.25) is 0 Å². The van der Waals surface area contributed by atoms with E-state index in [0.29, 0.717) is 22.9 Å². The van der Waals surface area contributed by atoms with Crippen LogP contribution < -0.4 is 25.4 Å². The molecule has 1 aliphatic rings. The molecule has 1 aromatic rings. The summed E-state index contributed by atoms with van der Waals surface area (Å²) in [5.41, 5.74) is 6.10. The lowest BCUT2D eigenvalue weighted by Crippen LogP contribution is -2.64. The number of carbonyl (C=O) groups excluding carboxylic acids is 2. The number of carbonyl (C=O) groups is 2. The number of piperazine rings is 1. The Morgan fingerprint density at radius 3 is 2.33 bits per heavy atom. The first-order chi connectivity index (χ1) is 9.81. The molecule has 0 aliphatic carbocycles. The van der Waals surface area contributed by atoms with Gasteiger partial charge < -0.3 is 20.1 Å². The molecule has 0 atom stereocenters. The molecular weight excluding hydrogens is 274 g/mol. The van der Waals surface area contributed by atoms with Crippen LogP contribution in [-0.2, 0) is 9.59 Å². The SMILES string of the molecule is COc1cc(N)c(N2CC(=O)NC(=O)C2(C)C)cc1OC. The first kappa shape index (κ1) is 15.0. The molecule has 0 spiro atoms. The van der Waals surface area contributed by atoms with E-state index in [-0.39, 0.29) is 18.4 Å². The molecule has 3 N–H and O–H groups in total. The Morgan fingerprint density at radius 1 is 1.19 bits per heavy atom. The number of nitrogen functional groups attached to an aromatic ring is 1. The summed E-state index contributed by atoms with van der Waals surface area (Å²) in [6, 6.07) is 3.28. The number of imide groups is 1. The molecule has 1 aromatic carbocycles. The molecule has 0 unspecified atom stereocenters. The van der Waals surface area contributed by atoms with Crippen LogP contribution in [-0.4, -0.2) is 38.1 Å². The van der Waals surface area contributed by atoms with Crippen molar-refractivity contribution in [1.82, 2.24) is 5.32 Å². The van der Waals surface area contributed by atoms with Crippen LogP contribution in [0.15, 0.2) is 12.1 Å². The lowest BCUT2D eigenvalue weighted by molar-refractivity contribution is -0.135. The molecule has 1 heterocycles. The van der Waals surface area contributed by atoms with Crippen LogP contribution in [0.3, 0.4) is 0 Å². The van der Waals surface area contributed by atoms with E-state index in [0.717, 1.165) is 0 Å². The number of amides is 2. The zero-order valence-corrected chi connectivity index (χ0v) is 12.5. The highest BCUT2D eigenvalue weighted by molar-refractivity contribution is 6.07. The van der Waals surface area contributed by atoms with Crippen LogP contribution in [0.1, 0.15) is 13.8 Å². The number of ether oxygens (including phenoxy) is 2. The van der Waals surface area contributed by atoms with Crippen molar-refractivity contribution in [3.63, 3.8) is 0 Å². The maximum atomic E-state index is 12.0. The standard InChI is InChI=1S/C14H19N3O4/c1-14(2)13(19)16-12(18)7-17(14)9-6-11(21-4)10(20-3)5-8(9)15/h5-6H,7,15H2,1-4H3,(H,16,18,19). The summed E-state index contributed by atoms with van der Waals surface area (Å²) in [5, 5.41) is 2.32. The first-order valence-corrected chi connectivity index (χ1v) is 6.44. The number of nitrogens with two attached hydrogens (primary N) is 1. The summed E-state index contributed by atoms with van der Waals surface area (Å²) < 4.78 is 10.4. The van der Waals surface area contributed by atoms with E-state index in [4.69, 9.17) is 15.2 Å². The number of rotatable bonds is 3. The third-order valence-corrected chi connectivity index (χ3v) is 3.61. The number of hydrogen-bond acceptors (Lipinski definition) is 6. The number of nitrogens with one attached hydrogen (secondary N) is 1. The Hall–Kier alpha value is -2.44. The molecule has 0 aromatic heterocycles. The average Bonchev–Trinajstić information content (AvgIpc) is 2.43. The summed E-state index contributed by atoms with van der Waals surface area (Å²) >= 11 is 0. The van der Waals surface area contributed by atoms with Crippen molar-refractivity contribution in [1.29, 1.82) is 0 Å². The normalized spacial score (nSPS) is 17.4. The van der Waals surface area contributed by atoms with Crippen LogP contribution in [0.4, 0.5) is 11.4 Å². The van der Waals surface area contributed by atoms with E-state index in [1.54, 1.807) is 30.9 Å². The molecule has 21 heavy (non-hydrogen) atoms. The number of methoxy groups -OCH3 is 2. The monoisotopic (exact) mass is 293 g/mol. The Kier molecular flexibility index (Phi) is 3.67. The Balaban J connectivity index is 2.54.